The SMILES string of the molecule is C[C@H]1[C@H](C)CCC[C@@H]1NC(=O)CCNC(=O)c1ccc([N+](=O)[O-])cc1. The van der Waals surface area contributed by atoms with E-state index in [1.165, 1.54) is 30.7 Å². The number of hydrogen-bond donors (Lipinski definition) is 2. The van der Waals surface area contributed by atoms with Crippen LogP contribution in [-0.4, -0.2) is 29.3 Å². The van der Waals surface area contributed by atoms with Gasteiger partial charge in [-0.05, 0) is 30.4 Å². The van der Waals surface area contributed by atoms with Crippen molar-refractivity contribution in [1.82, 2.24) is 10.6 Å². The Bertz CT molecular complexity index is 630. The summed E-state index contributed by atoms with van der Waals surface area (Å²) >= 11 is 0. The molecule has 0 saturated heterocycles. The second-order valence-electron chi connectivity index (χ2n) is 6.75. The summed E-state index contributed by atoms with van der Waals surface area (Å²) in [4.78, 5) is 34.1. The molecule has 136 valence electrons. The molecular weight excluding hydrogens is 322 g/mol. The van der Waals surface area contributed by atoms with Gasteiger partial charge in [-0.3, -0.25) is 19.7 Å². The van der Waals surface area contributed by atoms with Crippen molar-refractivity contribution in [2.75, 3.05) is 6.54 Å². The van der Waals surface area contributed by atoms with Crippen molar-refractivity contribution < 1.29 is 14.5 Å². The van der Waals surface area contributed by atoms with Gasteiger partial charge in [-0.2, -0.15) is 0 Å². The smallest absolute Gasteiger partial charge is 0.269 e. The Balaban J connectivity index is 1.75. The highest BCUT2D eigenvalue weighted by Gasteiger charge is 2.27. The number of nitro groups is 1. The number of carbonyl (C=O) groups excluding carboxylic acids is 2. The first-order valence-electron chi connectivity index (χ1n) is 8.70. The molecule has 1 aromatic carbocycles. The topological polar surface area (TPSA) is 101 Å². The largest absolute Gasteiger partial charge is 0.353 e. The standard InChI is InChI=1S/C18H25N3O4/c1-12-4-3-5-16(13(12)2)20-17(22)10-11-19-18(23)14-6-8-15(9-7-14)21(24)25/h6-9,12-13,16H,3-5,10-11H2,1-2H3,(H,19,23)(H,20,22)/t12-,13+,16+/m1/s1. The first-order chi connectivity index (χ1) is 11.9. The lowest BCUT2D eigenvalue weighted by atomic mass is 9.78. The third kappa shape index (κ3) is 5.27. The monoisotopic (exact) mass is 347 g/mol. The molecule has 0 heterocycles. The van der Waals surface area contributed by atoms with Crippen molar-refractivity contribution in [3.8, 4) is 0 Å². The molecular formula is C18H25N3O4. The fraction of sp³-hybridized carbons (Fsp3) is 0.556. The number of nitrogens with zero attached hydrogens (tertiary/aromatic N) is 1. The van der Waals surface area contributed by atoms with E-state index in [1.54, 1.807) is 0 Å². The van der Waals surface area contributed by atoms with Crippen LogP contribution < -0.4 is 10.6 Å². The van der Waals surface area contributed by atoms with E-state index in [2.05, 4.69) is 24.5 Å². The Labute approximate surface area is 147 Å². The van der Waals surface area contributed by atoms with Gasteiger partial charge >= 0.3 is 0 Å². The van der Waals surface area contributed by atoms with Gasteiger partial charge in [-0.25, -0.2) is 0 Å². The molecule has 2 amide bonds. The van der Waals surface area contributed by atoms with Crippen LogP contribution in [0.15, 0.2) is 24.3 Å². The van der Waals surface area contributed by atoms with E-state index < -0.39 is 4.92 Å². The van der Waals surface area contributed by atoms with Crippen LogP contribution in [0.25, 0.3) is 0 Å². The maximum atomic E-state index is 12.1. The summed E-state index contributed by atoms with van der Waals surface area (Å²) in [6, 6.07) is 5.58. The van der Waals surface area contributed by atoms with Crippen LogP contribution in [0.5, 0.6) is 0 Å². The van der Waals surface area contributed by atoms with Gasteiger partial charge in [0.15, 0.2) is 0 Å². The maximum absolute atomic E-state index is 12.1. The number of carbonyl (C=O) groups is 2. The predicted molar refractivity (Wildman–Crippen MR) is 94.2 cm³/mol. The van der Waals surface area contributed by atoms with Crippen molar-refractivity contribution in [2.24, 2.45) is 11.8 Å². The molecule has 3 atom stereocenters. The lowest BCUT2D eigenvalue weighted by molar-refractivity contribution is -0.384. The number of benzene rings is 1. The van der Waals surface area contributed by atoms with E-state index in [4.69, 9.17) is 0 Å². The molecule has 0 bridgehead atoms. The highest BCUT2D eigenvalue weighted by atomic mass is 16.6. The molecule has 0 unspecified atom stereocenters. The van der Waals surface area contributed by atoms with Crippen LogP contribution in [0, 0.1) is 22.0 Å². The number of hydrogen-bond acceptors (Lipinski definition) is 4. The molecule has 0 aliphatic heterocycles. The number of amides is 2. The van der Waals surface area contributed by atoms with Gasteiger partial charge in [0.2, 0.25) is 5.91 Å². The van der Waals surface area contributed by atoms with E-state index in [9.17, 15) is 19.7 Å². The molecule has 1 aliphatic rings. The van der Waals surface area contributed by atoms with Gasteiger partial charge < -0.3 is 10.6 Å². The predicted octanol–water partition coefficient (Wildman–Crippen LogP) is 2.66. The molecule has 1 fully saturated rings. The Morgan fingerprint density at radius 2 is 1.88 bits per heavy atom. The molecule has 2 rings (SSSR count). The average Bonchev–Trinajstić information content (AvgIpc) is 2.59. The summed E-state index contributed by atoms with van der Waals surface area (Å²) in [6.07, 6.45) is 3.56. The normalized spacial score (nSPS) is 22.9. The van der Waals surface area contributed by atoms with Gasteiger partial charge in [0.1, 0.15) is 0 Å². The summed E-state index contributed by atoms with van der Waals surface area (Å²) in [6.45, 7) is 4.62. The maximum Gasteiger partial charge on any atom is 0.269 e. The van der Waals surface area contributed by atoms with E-state index in [-0.39, 0.29) is 36.5 Å². The zero-order chi connectivity index (χ0) is 18.4. The molecule has 0 aromatic heterocycles. The first kappa shape index (κ1) is 18.9. The van der Waals surface area contributed by atoms with Crippen molar-refractivity contribution >= 4 is 17.5 Å². The molecule has 1 saturated carbocycles. The zero-order valence-corrected chi connectivity index (χ0v) is 14.7. The summed E-state index contributed by atoms with van der Waals surface area (Å²) in [7, 11) is 0. The van der Waals surface area contributed by atoms with Crippen molar-refractivity contribution in [2.45, 2.75) is 45.6 Å². The lowest BCUT2D eigenvalue weighted by Gasteiger charge is -2.34. The van der Waals surface area contributed by atoms with Crippen molar-refractivity contribution in [3.63, 3.8) is 0 Å². The Hall–Kier alpha value is -2.44. The van der Waals surface area contributed by atoms with Gasteiger partial charge in [-0.15, -0.1) is 0 Å². The van der Waals surface area contributed by atoms with E-state index in [0.29, 0.717) is 17.4 Å². The molecule has 2 N–H and O–H groups in total. The summed E-state index contributed by atoms with van der Waals surface area (Å²) in [5.41, 5.74) is 0.271. The van der Waals surface area contributed by atoms with Gasteiger partial charge in [0.25, 0.3) is 11.6 Å². The van der Waals surface area contributed by atoms with Crippen LogP contribution in [0.3, 0.4) is 0 Å². The van der Waals surface area contributed by atoms with Gasteiger partial charge in [0, 0.05) is 36.7 Å². The Kier molecular flexibility index (Phi) is 6.50. The summed E-state index contributed by atoms with van der Waals surface area (Å²) in [5, 5.41) is 16.3. The number of non-ortho nitro benzene ring substituents is 1. The molecule has 25 heavy (non-hydrogen) atoms. The van der Waals surface area contributed by atoms with Crippen LogP contribution >= 0.6 is 0 Å². The molecule has 0 radical (unpaired) electrons. The molecule has 1 aromatic rings. The number of rotatable bonds is 6. The highest BCUT2D eigenvalue weighted by Crippen LogP contribution is 2.29. The Morgan fingerprint density at radius 1 is 1.20 bits per heavy atom. The molecule has 7 nitrogen and oxygen atoms in total. The van der Waals surface area contributed by atoms with Crippen LogP contribution in [-0.2, 0) is 4.79 Å². The quantitative estimate of drug-likeness (QED) is 0.610. The van der Waals surface area contributed by atoms with Gasteiger partial charge in [-0.1, -0.05) is 26.7 Å². The molecule has 0 spiro atoms. The fourth-order valence-electron chi connectivity index (χ4n) is 3.19. The van der Waals surface area contributed by atoms with Gasteiger partial charge in [0.05, 0.1) is 4.92 Å². The zero-order valence-electron chi connectivity index (χ0n) is 14.7. The minimum absolute atomic E-state index is 0.0602. The minimum Gasteiger partial charge on any atom is -0.353 e. The number of nitro benzene ring substituents is 1. The molecule has 7 heteroatoms. The third-order valence-electron chi connectivity index (χ3n) is 5.03. The number of nitrogens with one attached hydrogen (secondary N) is 2. The van der Waals surface area contributed by atoms with Crippen molar-refractivity contribution in [1.29, 1.82) is 0 Å². The second kappa shape index (κ2) is 8.60. The first-order valence-corrected chi connectivity index (χ1v) is 8.70. The minimum atomic E-state index is -0.515. The Morgan fingerprint density at radius 3 is 2.52 bits per heavy atom. The molecule has 1 aliphatic carbocycles. The van der Waals surface area contributed by atoms with Crippen LogP contribution in [0.1, 0.15) is 49.9 Å². The van der Waals surface area contributed by atoms with E-state index >= 15 is 0 Å². The lowest BCUT2D eigenvalue weighted by Crippen LogP contribution is -2.44. The van der Waals surface area contributed by atoms with Crippen molar-refractivity contribution in [3.05, 3.63) is 39.9 Å². The summed E-state index contributed by atoms with van der Waals surface area (Å²) in [5.74, 6) is 0.672. The van der Waals surface area contributed by atoms with E-state index in [1.807, 2.05) is 0 Å². The average molecular weight is 347 g/mol. The van der Waals surface area contributed by atoms with Crippen LogP contribution in [0.2, 0.25) is 0 Å². The van der Waals surface area contributed by atoms with Crippen LogP contribution in [0.4, 0.5) is 5.69 Å². The summed E-state index contributed by atoms with van der Waals surface area (Å²) < 4.78 is 0. The van der Waals surface area contributed by atoms with E-state index in [0.717, 1.165) is 12.8 Å². The highest BCUT2D eigenvalue weighted by molar-refractivity contribution is 5.94. The third-order valence-corrected chi connectivity index (χ3v) is 5.03. The fourth-order valence-corrected chi connectivity index (χ4v) is 3.19. The second-order valence-corrected chi connectivity index (χ2v) is 6.75.